The van der Waals surface area contributed by atoms with Crippen LogP contribution in [0.1, 0.15) is 0 Å². The number of hydrogen-bond donors (Lipinski definition) is 1. The molecule has 0 amide bonds. The van der Waals surface area contributed by atoms with E-state index in [9.17, 15) is 5.21 Å². The number of ether oxygens (including phenoxy) is 1. The van der Waals surface area contributed by atoms with Crippen molar-refractivity contribution < 1.29 is 9.80 Å². The molecule has 0 fully saturated rings. The molecule has 0 aromatic carbocycles. The van der Waals surface area contributed by atoms with Gasteiger partial charge in [0, 0.05) is 0 Å². The van der Waals surface area contributed by atoms with Crippen LogP contribution in [0.25, 0.3) is 0 Å². The average molecular weight is 159 g/mol. The first-order valence-electron chi connectivity index (χ1n) is 3.41. The molecule has 0 bridgehead atoms. The van der Waals surface area contributed by atoms with Gasteiger partial charge in [0.1, 0.15) is 0 Å². The second kappa shape index (κ2) is 12.1. The van der Waals surface area contributed by atoms with E-state index >= 15 is 0 Å². The maximum absolute atomic E-state index is 9.44. The van der Waals surface area contributed by atoms with Crippen molar-refractivity contribution >= 4 is 0 Å². The normalized spacial score (nSPS) is 8.36. The largest absolute Gasteiger partial charge is 0.635 e. The van der Waals surface area contributed by atoms with Crippen LogP contribution < -0.4 is 5.06 Å². The van der Waals surface area contributed by atoms with Gasteiger partial charge in [-0.2, -0.15) is 0 Å². The van der Waals surface area contributed by atoms with Gasteiger partial charge in [-0.15, -0.1) is 13.2 Å². The van der Waals surface area contributed by atoms with Crippen molar-refractivity contribution in [2.24, 2.45) is 0 Å². The van der Waals surface area contributed by atoms with Crippen molar-refractivity contribution in [1.29, 1.82) is 0 Å². The minimum Gasteiger partial charge on any atom is -0.635 e. The maximum atomic E-state index is 9.44. The van der Waals surface area contributed by atoms with E-state index in [0.717, 1.165) is 0 Å². The molecule has 1 N–H and O–H groups in total. The van der Waals surface area contributed by atoms with Crippen LogP contribution in [0.4, 0.5) is 0 Å². The zero-order valence-corrected chi connectivity index (χ0v) is 7.30. The van der Waals surface area contributed by atoms with Gasteiger partial charge in [0.15, 0.2) is 0 Å². The summed E-state index contributed by atoms with van der Waals surface area (Å²) in [6.07, 6.45) is 3.42. The van der Waals surface area contributed by atoms with Crippen LogP contribution >= 0.6 is 0 Å². The van der Waals surface area contributed by atoms with Gasteiger partial charge in [-0.05, 0) is 0 Å². The zero-order chi connectivity index (χ0) is 9.11. The average Bonchev–Trinajstić information content (AvgIpc) is 1.88. The highest BCUT2D eigenvalue weighted by Gasteiger charge is 1.70. The van der Waals surface area contributed by atoms with Gasteiger partial charge in [0.05, 0.1) is 27.3 Å². The molecule has 3 nitrogen and oxygen atoms in total. The fourth-order valence-corrected chi connectivity index (χ4v) is 0.235. The molecule has 66 valence electrons. The summed E-state index contributed by atoms with van der Waals surface area (Å²) in [5.74, 6) is 0. The first kappa shape index (κ1) is 13.0. The van der Waals surface area contributed by atoms with E-state index < -0.39 is 0 Å². The van der Waals surface area contributed by atoms with Crippen LogP contribution in [-0.4, -0.2) is 27.3 Å². The Morgan fingerprint density at radius 3 is 1.73 bits per heavy atom. The molecule has 0 unspecified atom stereocenters. The Hall–Kier alpha value is -0.640. The van der Waals surface area contributed by atoms with Gasteiger partial charge in [-0.25, -0.2) is 0 Å². The van der Waals surface area contributed by atoms with E-state index in [1.165, 1.54) is 14.1 Å². The van der Waals surface area contributed by atoms with Crippen LogP contribution in [-0.2, 0) is 4.74 Å². The number of nitrogens with one attached hydrogen (secondary N) is 1. The summed E-state index contributed by atoms with van der Waals surface area (Å²) >= 11 is 0. The molecule has 11 heavy (non-hydrogen) atoms. The number of hydrogen-bond acceptors (Lipinski definition) is 2. The number of quaternary nitrogens is 1. The summed E-state index contributed by atoms with van der Waals surface area (Å²) in [7, 11) is 3.06. The van der Waals surface area contributed by atoms with E-state index in [1.807, 2.05) is 0 Å². The van der Waals surface area contributed by atoms with Gasteiger partial charge in [0.2, 0.25) is 0 Å². The van der Waals surface area contributed by atoms with E-state index in [2.05, 4.69) is 13.2 Å². The summed E-state index contributed by atoms with van der Waals surface area (Å²) in [6, 6.07) is 0. The van der Waals surface area contributed by atoms with Crippen LogP contribution in [0.3, 0.4) is 0 Å². The minimum absolute atomic E-state index is 0.167. The Labute approximate surface area is 68.5 Å². The van der Waals surface area contributed by atoms with Gasteiger partial charge >= 0.3 is 0 Å². The van der Waals surface area contributed by atoms with Gasteiger partial charge in [-0.1, -0.05) is 12.2 Å². The SMILES string of the molecule is C=CCOCC=C.C[NH+](C)[O-]. The van der Waals surface area contributed by atoms with E-state index in [0.29, 0.717) is 13.2 Å². The molecule has 0 spiro atoms. The third-order valence-corrected chi connectivity index (χ3v) is 0.471. The molecule has 0 heterocycles. The first-order chi connectivity index (χ1) is 5.15. The molecule has 0 atom stereocenters. The van der Waals surface area contributed by atoms with Crippen molar-refractivity contribution in [1.82, 2.24) is 0 Å². The Bertz CT molecular complexity index is 81.3. The van der Waals surface area contributed by atoms with Crippen molar-refractivity contribution in [3.63, 3.8) is 0 Å². The molecule has 0 aromatic rings. The molecule has 0 saturated carbocycles. The molecule has 0 rings (SSSR count). The standard InChI is InChI=1S/C6H10O.C2H7NO/c1-3-5-7-6-4-2;1-3(2)4/h3-4H,1-2,5-6H2;3H,1-2H3. The first-order valence-corrected chi connectivity index (χ1v) is 3.41. The highest BCUT2D eigenvalue weighted by atomic mass is 16.5. The molecule has 0 saturated heterocycles. The second-order valence-electron chi connectivity index (χ2n) is 2.02. The van der Waals surface area contributed by atoms with Gasteiger partial charge in [-0.3, -0.25) is 0 Å². The Balaban J connectivity index is 0. The lowest BCUT2D eigenvalue weighted by molar-refractivity contribution is -0.802. The molecule has 0 aliphatic rings. The van der Waals surface area contributed by atoms with Crippen LogP contribution in [0.15, 0.2) is 25.3 Å². The summed E-state index contributed by atoms with van der Waals surface area (Å²) < 4.78 is 4.90. The Morgan fingerprint density at radius 2 is 1.55 bits per heavy atom. The molecule has 0 radical (unpaired) electrons. The predicted octanol–water partition coefficient (Wildman–Crippen LogP) is 0.00370. The van der Waals surface area contributed by atoms with Crippen molar-refractivity contribution in [3.8, 4) is 0 Å². The van der Waals surface area contributed by atoms with E-state index in [4.69, 9.17) is 4.74 Å². The lowest BCUT2D eigenvalue weighted by Gasteiger charge is -2.04. The van der Waals surface area contributed by atoms with Gasteiger partial charge < -0.3 is 15.0 Å². The molecule has 3 heteroatoms. The summed E-state index contributed by atoms with van der Waals surface area (Å²) in [6.45, 7) is 8.18. The minimum atomic E-state index is 0.167. The lowest BCUT2D eigenvalue weighted by Crippen LogP contribution is -3.00. The third-order valence-electron chi connectivity index (χ3n) is 0.471. The van der Waals surface area contributed by atoms with E-state index in [-0.39, 0.29) is 5.06 Å². The maximum Gasteiger partial charge on any atom is 0.0660 e. The number of hydroxylamine groups is 2. The summed E-state index contributed by atoms with van der Waals surface area (Å²) in [4.78, 5) is 0. The van der Waals surface area contributed by atoms with E-state index in [1.54, 1.807) is 12.2 Å². The van der Waals surface area contributed by atoms with Crippen molar-refractivity contribution in [2.75, 3.05) is 27.3 Å². The monoisotopic (exact) mass is 159 g/mol. The summed E-state index contributed by atoms with van der Waals surface area (Å²) in [5.41, 5.74) is 0. The smallest absolute Gasteiger partial charge is 0.0660 e. The van der Waals surface area contributed by atoms with Gasteiger partial charge in [0.25, 0.3) is 0 Å². The quantitative estimate of drug-likeness (QED) is 0.356. The van der Waals surface area contributed by atoms with Crippen molar-refractivity contribution in [2.45, 2.75) is 0 Å². The predicted molar refractivity (Wildman–Crippen MR) is 47.4 cm³/mol. The third kappa shape index (κ3) is 44.9. The molecular formula is C8H17NO2. The fraction of sp³-hybridized carbons (Fsp3) is 0.500. The number of rotatable bonds is 4. The Kier molecular flexibility index (Phi) is 14.3. The highest BCUT2D eigenvalue weighted by Crippen LogP contribution is 1.72. The lowest BCUT2D eigenvalue weighted by atomic mass is 10.6. The van der Waals surface area contributed by atoms with Crippen LogP contribution in [0.2, 0.25) is 0 Å². The second-order valence-corrected chi connectivity index (χ2v) is 2.02. The van der Waals surface area contributed by atoms with Crippen LogP contribution in [0, 0.1) is 5.21 Å². The molecule has 0 aromatic heterocycles. The summed E-state index contributed by atoms with van der Waals surface area (Å²) in [5, 5.41) is 9.61. The van der Waals surface area contributed by atoms with Crippen LogP contribution in [0.5, 0.6) is 0 Å². The fourth-order valence-electron chi connectivity index (χ4n) is 0.235. The molecular weight excluding hydrogens is 142 g/mol. The topological polar surface area (TPSA) is 36.7 Å². The van der Waals surface area contributed by atoms with Crippen molar-refractivity contribution in [3.05, 3.63) is 30.5 Å². The molecule has 0 aliphatic carbocycles. The highest BCUT2D eigenvalue weighted by molar-refractivity contribution is 4.68. The zero-order valence-electron chi connectivity index (χ0n) is 7.30. The Morgan fingerprint density at radius 1 is 1.27 bits per heavy atom. The molecule has 0 aliphatic heterocycles.